The van der Waals surface area contributed by atoms with Crippen LogP contribution in [0.5, 0.6) is 0 Å². The number of carboxylic acids is 1. The van der Waals surface area contributed by atoms with E-state index in [2.05, 4.69) is 18.9 Å². The number of carboxylic acid groups (broad SMARTS) is 1. The molecule has 2 aliphatic heterocycles. The number of benzene rings is 1. The highest BCUT2D eigenvalue weighted by Gasteiger charge is 2.46. The average molecular weight is 471 g/mol. The van der Waals surface area contributed by atoms with Crippen LogP contribution in [-0.2, 0) is 9.53 Å². The largest absolute Gasteiger partial charge is 0.490 e. The minimum atomic E-state index is -5.08. The highest BCUT2D eigenvalue weighted by atomic mass is 19.4. The third-order valence-electron chi connectivity index (χ3n) is 7.12. The summed E-state index contributed by atoms with van der Waals surface area (Å²) in [5, 5.41) is 7.12. The molecule has 1 spiro atoms. The predicted octanol–water partition coefficient (Wildman–Crippen LogP) is 4.12. The second-order valence-corrected chi connectivity index (χ2v) is 9.47. The number of aliphatic carboxylic acids is 1. The summed E-state index contributed by atoms with van der Waals surface area (Å²) in [5.41, 5.74) is 2.29. The second-order valence-electron chi connectivity index (χ2n) is 9.47. The summed E-state index contributed by atoms with van der Waals surface area (Å²) in [4.78, 5) is 26.3. The van der Waals surface area contributed by atoms with Crippen molar-refractivity contribution in [3.63, 3.8) is 0 Å². The number of piperidine rings is 1. The lowest BCUT2D eigenvalue weighted by Crippen LogP contribution is -2.54. The van der Waals surface area contributed by atoms with Crippen molar-refractivity contribution in [3.8, 4) is 0 Å². The van der Waals surface area contributed by atoms with Crippen molar-refractivity contribution >= 4 is 11.9 Å². The molecule has 33 heavy (non-hydrogen) atoms. The van der Waals surface area contributed by atoms with Crippen LogP contribution in [0.15, 0.2) is 24.3 Å². The number of likely N-dealkylation sites (N-methyl/N-ethyl adjacent to an activating group) is 1. The number of aryl methyl sites for hydroxylation is 1. The molecule has 6 nitrogen and oxygen atoms in total. The van der Waals surface area contributed by atoms with Crippen molar-refractivity contribution < 1.29 is 32.6 Å². The molecule has 4 rings (SSSR count). The van der Waals surface area contributed by atoms with Gasteiger partial charge in [-0.25, -0.2) is 4.79 Å². The SMILES string of the molecule is Cc1ccc(C(=O)N2CCC3(CCC(COCC4CC4)N3C)CC2)cc1.O=C(O)C(F)(F)F. The molecule has 2 saturated heterocycles. The van der Waals surface area contributed by atoms with Gasteiger partial charge < -0.3 is 14.7 Å². The molecule has 1 saturated carbocycles. The number of ether oxygens (including phenoxy) is 1. The molecular formula is C24H33F3N2O4. The number of likely N-dealkylation sites (tertiary alicyclic amines) is 2. The van der Waals surface area contributed by atoms with Crippen molar-refractivity contribution in [1.29, 1.82) is 0 Å². The Morgan fingerprint density at radius 1 is 1.06 bits per heavy atom. The highest BCUT2D eigenvalue weighted by molar-refractivity contribution is 5.94. The summed E-state index contributed by atoms with van der Waals surface area (Å²) in [6.45, 7) is 5.62. The number of carbonyl (C=O) groups excluding carboxylic acids is 1. The topological polar surface area (TPSA) is 70.1 Å². The van der Waals surface area contributed by atoms with Crippen molar-refractivity contribution in [2.24, 2.45) is 5.92 Å². The number of nitrogens with zero attached hydrogens (tertiary/aromatic N) is 2. The Labute approximate surface area is 192 Å². The lowest BCUT2D eigenvalue weighted by atomic mass is 9.85. The van der Waals surface area contributed by atoms with Crippen LogP contribution in [0, 0.1) is 12.8 Å². The minimum Gasteiger partial charge on any atom is -0.475 e. The zero-order chi connectivity index (χ0) is 24.2. The monoisotopic (exact) mass is 470 g/mol. The Kier molecular flexibility index (Phi) is 8.05. The van der Waals surface area contributed by atoms with Gasteiger partial charge in [-0.2, -0.15) is 13.2 Å². The van der Waals surface area contributed by atoms with Crippen LogP contribution < -0.4 is 0 Å². The Bertz CT molecular complexity index is 816. The number of alkyl halides is 3. The second kappa shape index (κ2) is 10.4. The van der Waals surface area contributed by atoms with Crippen LogP contribution in [0.4, 0.5) is 13.2 Å². The van der Waals surface area contributed by atoms with Gasteiger partial charge in [0.05, 0.1) is 6.61 Å². The van der Waals surface area contributed by atoms with Gasteiger partial charge in [-0.3, -0.25) is 9.69 Å². The van der Waals surface area contributed by atoms with E-state index in [-0.39, 0.29) is 11.4 Å². The van der Waals surface area contributed by atoms with Gasteiger partial charge in [-0.1, -0.05) is 17.7 Å². The van der Waals surface area contributed by atoms with Crippen LogP contribution in [0.1, 0.15) is 54.4 Å². The highest BCUT2D eigenvalue weighted by Crippen LogP contribution is 2.41. The lowest BCUT2D eigenvalue weighted by Gasteiger charge is -2.45. The Morgan fingerprint density at radius 2 is 1.64 bits per heavy atom. The number of halogens is 3. The van der Waals surface area contributed by atoms with Gasteiger partial charge in [0.15, 0.2) is 0 Å². The fraction of sp³-hybridized carbons (Fsp3) is 0.667. The summed E-state index contributed by atoms with van der Waals surface area (Å²) >= 11 is 0. The fourth-order valence-corrected chi connectivity index (χ4v) is 4.65. The molecule has 0 bridgehead atoms. The van der Waals surface area contributed by atoms with Gasteiger partial charge in [-0.05, 0) is 70.5 Å². The summed E-state index contributed by atoms with van der Waals surface area (Å²) in [6, 6.07) is 8.51. The van der Waals surface area contributed by atoms with Crippen molar-refractivity contribution in [2.75, 3.05) is 33.4 Å². The van der Waals surface area contributed by atoms with Crippen LogP contribution in [-0.4, -0.2) is 77.9 Å². The molecular weight excluding hydrogens is 437 g/mol. The fourth-order valence-electron chi connectivity index (χ4n) is 4.65. The number of amides is 1. The van der Waals surface area contributed by atoms with Gasteiger partial charge in [0.1, 0.15) is 0 Å². The first-order valence-electron chi connectivity index (χ1n) is 11.5. The third-order valence-corrected chi connectivity index (χ3v) is 7.12. The van der Waals surface area contributed by atoms with E-state index in [9.17, 15) is 18.0 Å². The summed E-state index contributed by atoms with van der Waals surface area (Å²) in [6.07, 6.45) is 2.27. The lowest BCUT2D eigenvalue weighted by molar-refractivity contribution is -0.192. The molecule has 0 aromatic heterocycles. The van der Waals surface area contributed by atoms with Crippen LogP contribution >= 0.6 is 0 Å². The van der Waals surface area contributed by atoms with E-state index in [1.54, 1.807) is 0 Å². The van der Waals surface area contributed by atoms with Gasteiger partial charge in [-0.15, -0.1) is 0 Å². The summed E-state index contributed by atoms with van der Waals surface area (Å²) in [5.74, 6) is -1.73. The molecule has 1 N–H and O–H groups in total. The molecule has 1 unspecified atom stereocenters. The van der Waals surface area contributed by atoms with Gasteiger partial charge in [0.2, 0.25) is 0 Å². The van der Waals surface area contributed by atoms with Crippen molar-refractivity contribution in [2.45, 2.75) is 63.2 Å². The van der Waals surface area contributed by atoms with Gasteiger partial charge in [0.25, 0.3) is 5.91 Å². The van der Waals surface area contributed by atoms with Crippen molar-refractivity contribution in [1.82, 2.24) is 9.80 Å². The molecule has 1 aliphatic carbocycles. The smallest absolute Gasteiger partial charge is 0.475 e. The molecule has 1 aromatic carbocycles. The molecule has 3 aliphatic rings. The first-order chi connectivity index (χ1) is 15.5. The standard InChI is InChI=1S/C22H32N2O2.C2HF3O2/c1-17-3-7-19(8-4-17)21(25)24-13-11-22(12-14-24)10-9-20(23(22)2)16-26-15-18-5-6-18;3-2(4,5)1(6)7/h3-4,7-8,18,20H,5-6,9-16H2,1-2H3;(H,6,7). The number of carbonyl (C=O) groups is 2. The van der Waals surface area contributed by atoms with Gasteiger partial charge >= 0.3 is 12.1 Å². The van der Waals surface area contributed by atoms with E-state index >= 15 is 0 Å². The maximum atomic E-state index is 12.8. The molecule has 3 fully saturated rings. The summed E-state index contributed by atoms with van der Waals surface area (Å²) < 4.78 is 37.7. The van der Waals surface area contributed by atoms with Crippen LogP contribution in [0.2, 0.25) is 0 Å². The zero-order valence-corrected chi connectivity index (χ0v) is 19.2. The molecule has 1 atom stereocenters. The minimum absolute atomic E-state index is 0.185. The maximum Gasteiger partial charge on any atom is 0.490 e. The van der Waals surface area contributed by atoms with Crippen LogP contribution in [0.3, 0.4) is 0 Å². The first-order valence-corrected chi connectivity index (χ1v) is 11.5. The van der Waals surface area contributed by atoms with E-state index in [1.165, 1.54) is 31.2 Å². The van der Waals surface area contributed by atoms with E-state index in [0.29, 0.717) is 6.04 Å². The van der Waals surface area contributed by atoms with Crippen molar-refractivity contribution in [3.05, 3.63) is 35.4 Å². The quantitative estimate of drug-likeness (QED) is 0.701. The van der Waals surface area contributed by atoms with Crippen LogP contribution in [0.25, 0.3) is 0 Å². The van der Waals surface area contributed by atoms with E-state index in [1.807, 2.05) is 29.2 Å². The summed E-state index contributed by atoms with van der Waals surface area (Å²) in [7, 11) is 2.27. The average Bonchev–Trinajstić information content (AvgIpc) is 3.55. The number of hydrogen-bond donors (Lipinski definition) is 1. The molecule has 9 heteroatoms. The molecule has 2 heterocycles. The number of hydrogen-bond acceptors (Lipinski definition) is 4. The Balaban J connectivity index is 0.000000383. The molecule has 1 aromatic rings. The first kappa shape index (κ1) is 25.5. The predicted molar refractivity (Wildman–Crippen MR) is 117 cm³/mol. The van der Waals surface area contributed by atoms with E-state index < -0.39 is 12.1 Å². The van der Waals surface area contributed by atoms with Gasteiger partial charge in [0, 0.05) is 36.8 Å². The molecule has 0 radical (unpaired) electrons. The Morgan fingerprint density at radius 3 is 2.15 bits per heavy atom. The third kappa shape index (κ3) is 6.69. The maximum absolute atomic E-state index is 12.8. The van der Waals surface area contributed by atoms with E-state index in [4.69, 9.17) is 14.6 Å². The molecule has 1 amide bonds. The zero-order valence-electron chi connectivity index (χ0n) is 19.2. The molecule has 184 valence electrons. The normalized spacial score (nSPS) is 22.7. The van der Waals surface area contributed by atoms with E-state index in [0.717, 1.165) is 50.6 Å². The Hall–Kier alpha value is -2.13. The number of rotatable bonds is 5.